The fraction of sp³-hybridized carbons (Fsp3) is 0.312. The van der Waals surface area contributed by atoms with Crippen molar-refractivity contribution in [1.29, 1.82) is 0 Å². The maximum atomic E-state index is 5.29. The highest BCUT2D eigenvalue weighted by molar-refractivity contribution is 5.84. The number of hydrogen-bond acceptors (Lipinski definition) is 5. The quantitative estimate of drug-likeness (QED) is 0.796. The first-order valence-electron chi connectivity index (χ1n) is 7.22. The average molecular weight is 280 g/mol. The van der Waals surface area contributed by atoms with Gasteiger partial charge in [0.15, 0.2) is 0 Å². The molecular weight excluding hydrogens is 264 g/mol. The van der Waals surface area contributed by atoms with E-state index in [-0.39, 0.29) is 0 Å². The van der Waals surface area contributed by atoms with Crippen molar-refractivity contribution in [2.45, 2.75) is 32.4 Å². The average Bonchev–Trinajstić information content (AvgIpc) is 3.21. The molecule has 2 heterocycles. The van der Waals surface area contributed by atoms with Gasteiger partial charge in [0.1, 0.15) is 5.69 Å². The number of nitrogens with one attached hydrogen (secondary N) is 1. The number of pyridine rings is 1. The fourth-order valence-corrected chi connectivity index (χ4v) is 2.41. The van der Waals surface area contributed by atoms with Crippen LogP contribution in [0.5, 0.6) is 0 Å². The van der Waals surface area contributed by atoms with E-state index in [4.69, 9.17) is 4.52 Å². The Labute approximate surface area is 122 Å². The van der Waals surface area contributed by atoms with Gasteiger partial charge in [-0.25, -0.2) is 4.98 Å². The molecule has 5 heteroatoms. The highest BCUT2D eigenvalue weighted by atomic mass is 16.5. The lowest BCUT2D eigenvalue weighted by Crippen LogP contribution is -2.15. The second kappa shape index (κ2) is 4.93. The second-order valence-electron chi connectivity index (χ2n) is 5.51. The molecular formula is C16H16N4O. The first kappa shape index (κ1) is 12.5. The Kier molecular flexibility index (Phi) is 2.93. The maximum absolute atomic E-state index is 5.29. The summed E-state index contributed by atoms with van der Waals surface area (Å²) in [5.74, 6) is 1.17. The van der Waals surface area contributed by atoms with E-state index in [1.54, 1.807) is 0 Å². The molecule has 3 aromatic rings. The molecule has 21 heavy (non-hydrogen) atoms. The molecule has 5 nitrogen and oxygen atoms in total. The van der Waals surface area contributed by atoms with Gasteiger partial charge in [-0.2, -0.15) is 4.98 Å². The molecule has 0 unspecified atom stereocenters. The van der Waals surface area contributed by atoms with Crippen molar-refractivity contribution >= 4 is 10.9 Å². The van der Waals surface area contributed by atoms with Gasteiger partial charge in [0.2, 0.25) is 11.7 Å². The first-order valence-corrected chi connectivity index (χ1v) is 7.22. The SMILES string of the molecule is Cc1cc(-c2noc(CNC3CC3)n2)nc2ccccc12. The molecule has 1 saturated carbocycles. The summed E-state index contributed by atoms with van der Waals surface area (Å²) in [5, 5.41) is 8.56. The van der Waals surface area contributed by atoms with Gasteiger partial charge in [-0.1, -0.05) is 23.4 Å². The van der Waals surface area contributed by atoms with Crippen LogP contribution < -0.4 is 5.32 Å². The number of aryl methyl sites for hydroxylation is 1. The zero-order valence-electron chi connectivity index (χ0n) is 11.8. The molecule has 0 radical (unpaired) electrons. The summed E-state index contributed by atoms with van der Waals surface area (Å²) in [4.78, 5) is 9.05. The van der Waals surface area contributed by atoms with Crippen LogP contribution in [-0.2, 0) is 6.54 Å². The summed E-state index contributed by atoms with van der Waals surface area (Å²) < 4.78 is 5.29. The van der Waals surface area contributed by atoms with E-state index < -0.39 is 0 Å². The standard InChI is InChI=1S/C16H16N4O/c1-10-8-14(18-13-5-3-2-4-12(10)13)16-19-15(21-20-16)9-17-11-6-7-11/h2-5,8,11,17H,6-7,9H2,1H3. The number of para-hydroxylation sites is 1. The smallest absolute Gasteiger partial charge is 0.240 e. The molecule has 0 spiro atoms. The largest absolute Gasteiger partial charge is 0.337 e. The van der Waals surface area contributed by atoms with E-state index in [0.29, 0.717) is 24.3 Å². The van der Waals surface area contributed by atoms with Crippen molar-refractivity contribution in [1.82, 2.24) is 20.4 Å². The van der Waals surface area contributed by atoms with Gasteiger partial charge >= 0.3 is 0 Å². The van der Waals surface area contributed by atoms with Crippen LogP contribution in [0.4, 0.5) is 0 Å². The van der Waals surface area contributed by atoms with Crippen LogP contribution in [0, 0.1) is 6.92 Å². The molecule has 0 bridgehead atoms. The summed E-state index contributed by atoms with van der Waals surface area (Å²) >= 11 is 0. The minimum Gasteiger partial charge on any atom is -0.337 e. The Morgan fingerprint density at radius 3 is 2.95 bits per heavy atom. The number of hydrogen-bond donors (Lipinski definition) is 1. The lowest BCUT2D eigenvalue weighted by Gasteiger charge is -2.03. The van der Waals surface area contributed by atoms with E-state index in [9.17, 15) is 0 Å². The summed E-state index contributed by atoms with van der Waals surface area (Å²) in [7, 11) is 0. The van der Waals surface area contributed by atoms with E-state index in [1.165, 1.54) is 12.8 Å². The molecule has 0 amide bonds. The zero-order valence-corrected chi connectivity index (χ0v) is 11.8. The monoisotopic (exact) mass is 280 g/mol. The highest BCUT2D eigenvalue weighted by Crippen LogP contribution is 2.23. The van der Waals surface area contributed by atoms with Crippen LogP contribution in [0.1, 0.15) is 24.3 Å². The minimum absolute atomic E-state index is 0.552. The van der Waals surface area contributed by atoms with Crippen molar-refractivity contribution in [2.75, 3.05) is 0 Å². The van der Waals surface area contributed by atoms with Crippen LogP contribution in [0.25, 0.3) is 22.4 Å². The molecule has 1 aliphatic rings. The number of fused-ring (bicyclic) bond motifs is 1. The highest BCUT2D eigenvalue weighted by Gasteiger charge is 2.21. The number of rotatable bonds is 4. The predicted octanol–water partition coefficient (Wildman–Crippen LogP) is 2.85. The first-order chi connectivity index (χ1) is 10.3. The lowest BCUT2D eigenvalue weighted by molar-refractivity contribution is 0.367. The lowest BCUT2D eigenvalue weighted by atomic mass is 10.1. The maximum Gasteiger partial charge on any atom is 0.240 e. The topological polar surface area (TPSA) is 63.8 Å². The van der Waals surface area contributed by atoms with Crippen LogP contribution in [-0.4, -0.2) is 21.2 Å². The van der Waals surface area contributed by atoms with Crippen LogP contribution >= 0.6 is 0 Å². The molecule has 1 fully saturated rings. The van der Waals surface area contributed by atoms with Crippen LogP contribution in [0.15, 0.2) is 34.9 Å². The third-order valence-electron chi connectivity index (χ3n) is 3.74. The van der Waals surface area contributed by atoms with Gasteiger partial charge < -0.3 is 9.84 Å². The Morgan fingerprint density at radius 2 is 2.10 bits per heavy atom. The molecule has 0 atom stereocenters. The van der Waals surface area contributed by atoms with Crippen molar-refractivity contribution < 1.29 is 4.52 Å². The Balaban J connectivity index is 1.65. The molecule has 4 rings (SSSR count). The van der Waals surface area contributed by atoms with Gasteiger partial charge in [-0.3, -0.25) is 0 Å². The number of aromatic nitrogens is 3. The third kappa shape index (κ3) is 2.52. The Bertz CT molecular complexity index is 792. The summed E-state index contributed by atoms with van der Waals surface area (Å²) in [6.07, 6.45) is 2.48. The van der Waals surface area contributed by atoms with Crippen molar-refractivity contribution in [3.8, 4) is 11.5 Å². The van der Waals surface area contributed by atoms with E-state index in [2.05, 4.69) is 33.4 Å². The van der Waals surface area contributed by atoms with Gasteiger partial charge in [0.25, 0.3) is 0 Å². The van der Waals surface area contributed by atoms with Crippen molar-refractivity contribution in [3.63, 3.8) is 0 Å². The Hall–Kier alpha value is -2.27. The zero-order chi connectivity index (χ0) is 14.2. The molecule has 1 aromatic carbocycles. The third-order valence-corrected chi connectivity index (χ3v) is 3.74. The van der Waals surface area contributed by atoms with Gasteiger partial charge in [0.05, 0.1) is 12.1 Å². The van der Waals surface area contributed by atoms with E-state index >= 15 is 0 Å². The summed E-state index contributed by atoms with van der Waals surface area (Å²) in [6.45, 7) is 2.70. The fourth-order valence-electron chi connectivity index (χ4n) is 2.41. The number of nitrogens with zero attached hydrogens (tertiary/aromatic N) is 3. The number of benzene rings is 1. The summed E-state index contributed by atoms with van der Waals surface area (Å²) in [5.41, 5.74) is 2.88. The molecule has 1 aliphatic carbocycles. The minimum atomic E-state index is 0.552. The van der Waals surface area contributed by atoms with Crippen LogP contribution in [0.2, 0.25) is 0 Å². The molecule has 106 valence electrons. The predicted molar refractivity (Wildman–Crippen MR) is 79.6 cm³/mol. The van der Waals surface area contributed by atoms with Crippen molar-refractivity contribution in [3.05, 3.63) is 41.8 Å². The van der Waals surface area contributed by atoms with Gasteiger partial charge in [0, 0.05) is 11.4 Å². The molecule has 1 N–H and O–H groups in total. The normalized spacial score (nSPS) is 14.7. The molecule has 0 saturated heterocycles. The van der Waals surface area contributed by atoms with E-state index in [1.807, 2.05) is 24.3 Å². The summed E-state index contributed by atoms with van der Waals surface area (Å²) in [6, 6.07) is 10.7. The van der Waals surface area contributed by atoms with Crippen molar-refractivity contribution in [2.24, 2.45) is 0 Å². The Morgan fingerprint density at radius 1 is 1.24 bits per heavy atom. The molecule has 2 aromatic heterocycles. The van der Waals surface area contributed by atoms with Gasteiger partial charge in [-0.15, -0.1) is 0 Å². The second-order valence-corrected chi connectivity index (χ2v) is 5.51. The van der Waals surface area contributed by atoms with Gasteiger partial charge in [-0.05, 0) is 37.5 Å². The van der Waals surface area contributed by atoms with Crippen LogP contribution in [0.3, 0.4) is 0 Å². The molecule has 0 aliphatic heterocycles. The van der Waals surface area contributed by atoms with E-state index in [0.717, 1.165) is 22.2 Å².